The predicted molar refractivity (Wildman–Crippen MR) is 158 cm³/mol. The van der Waals surface area contributed by atoms with E-state index >= 15 is 0 Å². The van der Waals surface area contributed by atoms with E-state index in [1.54, 1.807) is 48.3 Å². The van der Waals surface area contributed by atoms with Crippen LogP contribution in [0.25, 0.3) is 0 Å². The summed E-state index contributed by atoms with van der Waals surface area (Å²) >= 11 is 24.2. The van der Waals surface area contributed by atoms with Crippen LogP contribution in [0.15, 0.2) is 60.7 Å². The lowest BCUT2D eigenvalue weighted by Crippen LogP contribution is -2.39. The second kappa shape index (κ2) is 13.2. The summed E-state index contributed by atoms with van der Waals surface area (Å²) < 4.78 is 5.75. The molecule has 1 heterocycles. The van der Waals surface area contributed by atoms with Gasteiger partial charge in [0.1, 0.15) is 6.10 Å². The van der Waals surface area contributed by atoms with Crippen molar-refractivity contribution in [2.45, 2.75) is 31.4 Å². The van der Waals surface area contributed by atoms with Crippen molar-refractivity contribution >= 4 is 64.0 Å². The Hall–Kier alpha value is -2.48. The highest BCUT2D eigenvalue weighted by molar-refractivity contribution is 6.42. The minimum Gasteiger partial charge on any atom is -0.461 e. The van der Waals surface area contributed by atoms with Gasteiger partial charge >= 0.3 is 5.97 Å². The van der Waals surface area contributed by atoms with Crippen molar-refractivity contribution in [3.8, 4) is 0 Å². The fourth-order valence-corrected chi connectivity index (χ4v) is 5.33. The summed E-state index contributed by atoms with van der Waals surface area (Å²) in [6.07, 6.45) is 0.767. The van der Waals surface area contributed by atoms with Gasteiger partial charge in [0, 0.05) is 32.4 Å². The lowest BCUT2D eigenvalue weighted by atomic mass is 10.0. The van der Waals surface area contributed by atoms with Gasteiger partial charge in [-0.3, -0.25) is 14.5 Å². The minimum atomic E-state index is -0.318. The van der Waals surface area contributed by atoms with Crippen LogP contribution in [0.4, 0.5) is 5.69 Å². The zero-order valence-corrected chi connectivity index (χ0v) is 24.4. The largest absolute Gasteiger partial charge is 0.461 e. The van der Waals surface area contributed by atoms with Gasteiger partial charge < -0.3 is 15.4 Å². The quantitative estimate of drug-likeness (QED) is 0.222. The SMILES string of the molecule is CN(C(=O)Cc1ccc(Cl)c(Cl)c1)[C@@H](CN1CCC(OC(=O)Cc2ccc(Cl)c(Cl)c2)C1)c1cccc(N)c1. The molecule has 39 heavy (non-hydrogen) atoms. The third-order valence-electron chi connectivity index (χ3n) is 6.79. The van der Waals surface area contributed by atoms with Crippen LogP contribution in [0, 0.1) is 0 Å². The maximum atomic E-state index is 13.3. The number of esters is 1. The molecule has 206 valence electrons. The Kier molecular flexibility index (Phi) is 10.0. The van der Waals surface area contributed by atoms with Gasteiger partial charge in [-0.05, 0) is 59.5 Å². The van der Waals surface area contributed by atoms with Gasteiger partial charge in [0.05, 0.1) is 39.0 Å². The number of hydrogen-bond acceptors (Lipinski definition) is 5. The molecule has 2 atom stereocenters. The molecular weight excluding hydrogens is 580 g/mol. The summed E-state index contributed by atoms with van der Waals surface area (Å²) in [6, 6.07) is 17.6. The standard InChI is InChI=1S/C29H29Cl4N3O3/c1-35(28(37)13-18-5-7-23(30)25(32)11-18)27(20-3-2-4-21(34)15-20)17-36-10-9-22(16-36)39-29(38)14-19-6-8-24(31)26(33)12-19/h2-8,11-12,15,22,27H,9-10,13-14,16-17,34H2,1H3/t22?,27-/m0/s1. The van der Waals surface area contributed by atoms with Crippen molar-refractivity contribution in [1.82, 2.24) is 9.80 Å². The third kappa shape index (κ3) is 8.03. The first kappa shape index (κ1) is 29.5. The molecule has 1 unspecified atom stereocenters. The monoisotopic (exact) mass is 607 g/mol. The first-order valence-electron chi connectivity index (χ1n) is 12.5. The number of benzene rings is 3. The molecule has 0 aromatic heterocycles. The molecule has 2 N–H and O–H groups in total. The topological polar surface area (TPSA) is 75.9 Å². The molecule has 0 bridgehead atoms. The van der Waals surface area contributed by atoms with E-state index in [4.69, 9.17) is 56.9 Å². The van der Waals surface area contributed by atoms with Crippen molar-refractivity contribution in [1.29, 1.82) is 0 Å². The van der Waals surface area contributed by atoms with Gasteiger partial charge in [-0.1, -0.05) is 70.7 Å². The molecule has 3 aromatic rings. The van der Waals surface area contributed by atoms with Crippen LogP contribution < -0.4 is 5.73 Å². The zero-order valence-electron chi connectivity index (χ0n) is 21.4. The Morgan fingerprint density at radius 2 is 1.59 bits per heavy atom. The summed E-state index contributed by atoms with van der Waals surface area (Å²) in [5.74, 6) is -0.383. The predicted octanol–water partition coefficient (Wildman–Crippen LogP) is 6.48. The molecule has 3 aromatic carbocycles. The summed E-state index contributed by atoms with van der Waals surface area (Å²) in [5, 5.41) is 1.70. The van der Waals surface area contributed by atoms with Gasteiger partial charge in [-0.2, -0.15) is 0 Å². The van der Waals surface area contributed by atoms with E-state index < -0.39 is 0 Å². The number of carbonyl (C=O) groups excluding carboxylic acids is 2. The van der Waals surface area contributed by atoms with Crippen LogP contribution in [-0.2, 0) is 27.2 Å². The highest BCUT2D eigenvalue weighted by atomic mass is 35.5. The number of nitrogens with zero attached hydrogens (tertiary/aromatic N) is 2. The first-order chi connectivity index (χ1) is 18.6. The van der Waals surface area contributed by atoms with Crippen LogP contribution >= 0.6 is 46.4 Å². The molecule has 1 amide bonds. The zero-order chi connectivity index (χ0) is 28.1. The summed E-state index contributed by atoms with van der Waals surface area (Å²) in [5.41, 5.74) is 9.15. The van der Waals surface area contributed by atoms with Crippen molar-refractivity contribution < 1.29 is 14.3 Å². The number of ether oxygens (including phenoxy) is 1. The molecule has 1 aliphatic rings. The smallest absolute Gasteiger partial charge is 0.310 e. The van der Waals surface area contributed by atoms with E-state index in [9.17, 15) is 9.59 Å². The van der Waals surface area contributed by atoms with E-state index in [1.165, 1.54) is 0 Å². The maximum Gasteiger partial charge on any atom is 0.310 e. The van der Waals surface area contributed by atoms with Crippen LogP contribution in [-0.4, -0.2) is 54.5 Å². The average molecular weight is 609 g/mol. The van der Waals surface area contributed by atoms with E-state index in [0.29, 0.717) is 45.3 Å². The number of hydrogen-bond donors (Lipinski definition) is 1. The van der Waals surface area contributed by atoms with Crippen molar-refractivity contribution in [3.05, 3.63) is 97.4 Å². The molecule has 1 aliphatic heterocycles. The molecule has 6 nitrogen and oxygen atoms in total. The van der Waals surface area contributed by atoms with E-state index in [1.807, 2.05) is 24.3 Å². The van der Waals surface area contributed by atoms with Crippen molar-refractivity contribution in [2.75, 3.05) is 32.4 Å². The van der Waals surface area contributed by atoms with Crippen LogP contribution in [0.3, 0.4) is 0 Å². The van der Waals surface area contributed by atoms with Crippen molar-refractivity contribution in [2.24, 2.45) is 0 Å². The Morgan fingerprint density at radius 1 is 0.949 bits per heavy atom. The molecule has 10 heteroatoms. The molecule has 0 aliphatic carbocycles. The fraction of sp³-hybridized carbons (Fsp3) is 0.310. The Balaban J connectivity index is 1.40. The lowest BCUT2D eigenvalue weighted by Gasteiger charge is -2.32. The fourth-order valence-electron chi connectivity index (χ4n) is 4.69. The highest BCUT2D eigenvalue weighted by Crippen LogP contribution is 2.28. The van der Waals surface area contributed by atoms with Gasteiger partial charge in [0.15, 0.2) is 0 Å². The number of amides is 1. The van der Waals surface area contributed by atoms with Gasteiger partial charge in [0.2, 0.25) is 5.91 Å². The molecular formula is C29H29Cl4N3O3. The minimum absolute atomic E-state index is 0.0652. The molecule has 4 rings (SSSR count). The number of nitrogens with two attached hydrogens (primary N) is 1. The molecule has 0 spiro atoms. The number of nitrogen functional groups attached to an aromatic ring is 1. The summed E-state index contributed by atoms with van der Waals surface area (Å²) in [6.45, 7) is 1.87. The van der Waals surface area contributed by atoms with Gasteiger partial charge in [0.25, 0.3) is 0 Å². The number of carbonyl (C=O) groups is 2. The number of halogens is 4. The third-order valence-corrected chi connectivity index (χ3v) is 8.26. The maximum absolute atomic E-state index is 13.3. The normalized spacial score (nSPS) is 16.2. The number of anilines is 1. The molecule has 1 fully saturated rings. The van der Waals surface area contributed by atoms with Crippen molar-refractivity contribution in [3.63, 3.8) is 0 Å². The van der Waals surface area contributed by atoms with Gasteiger partial charge in [-0.25, -0.2) is 0 Å². The Bertz CT molecular complexity index is 1350. The average Bonchev–Trinajstić information content (AvgIpc) is 3.33. The number of likely N-dealkylation sites (N-methyl/N-ethyl adjacent to an activating group) is 1. The molecule has 0 saturated carbocycles. The summed E-state index contributed by atoms with van der Waals surface area (Å²) in [7, 11) is 1.79. The highest BCUT2D eigenvalue weighted by Gasteiger charge is 2.31. The Labute approximate surface area is 248 Å². The van der Waals surface area contributed by atoms with Crippen LogP contribution in [0.1, 0.15) is 29.2 Å². The second-order valence-corrected chi connectivity index (χ2v) is 11.3. The first-order valence-corrected chi connectivity index (χ1v) is 14.0. The molecule has 0 radical (unpaired) electrons. The lowest BCUT2D eigenvalue weighted by molar-refractivity contribution is -0.147. The van der Waals surface area contributed by atoms with Crippen LogP contribution in [0.2, 0.25) is 20.1 Å². The molecule has 1 saturated heterocycles. The van der Waals surface area contributed by atoms with E-state index in [-0.39, 0.29) is 36.9 Å². The van der Waals surface area contributed by atoms with Crippen LogP contribution in [0.5, 0.6) is 0 Å². The second-order valence-electron chi connectivity index (χ2n) is 9.70. The number of rotatable bonds is 9. The number of likely N-dealkylation sites (tertiary alicyclic amines) is 1. The summed E-state index contributed by atoms with van der Waals surface area (Å²) in [4.78, 5) is 29.8. The van der Waals surface area contributed by atoms with E-state index in [2.05, 4.69) is 4.90 Å². The van der Waals surface area contributed by atoms with Gasteiger partial charge in [-0.15, -0.1) is 0 Å². The van der Waals surface area contributed by atoms with E-state index in [0.717, 1.165) is 23.2 Å². The Morgan fingerprint density at radius 3 is 2.21 bits per heavy atom.